The van der Waals surface area contributed by atoms with Crippen molar-refractivity contribution in [2.75, 3.05) is 7.05 Å². The van der Waals surface area contributed by atoms with Crippen LogP contribution < -0.4 is 10.6 Å². The summed E-state index contributed by atoms with van der Waals surface area (Å²) in [4.78, 5) is 9.73. The van der Waals surface area contributed by atoms with Gasteiger partial charge in [0.1, 0.15) is 5.76 Å². The highest BCUT2D eigenvalue weighted by Crippen LogP contribution is 2.21. The van der Waals surface area contributed by atoms with Crippen molar-refractivity contribution in [1.29, 1.82) is 0 Å². The smallest absolute Gasteiger partial charge is 0.214 e. The number of halogens is 2. The van der Waals surface area contributed by atoms with Crippen molar-refractivity contribution in [3.05, 3.63) is 38.1 Å². The van der Waals surface area contributed by atoms with Crippen molar-refractivity contribution >= 4 is 57.2 Å². The molecule has 0 saturated carbocycles. The van der Waals surface area contributed by atoms with E-state index in [1.807, 2.05) is 19.9 Å². The molecule has 0 radical (unpaired) electrons. The van der Waals surface area contributed by atoms with Crippen molar-refractivity contribution in [2.24, 2.45) is 4.99 Å². The number of nitrogens with one attached hydrogen (secondary N) is 2. The van der Waals surface area contributed by atoms with E-state index in [1.165, 1.54) is 4.88 Å². The van der Waals surface area contributed by atoms with Gasteiger partial charge in [0.05, 0.1) is 22.6 Å². The van der Waals surface area contributed by atoms with Crippen molar-refractivity contribution < 1.29 is 4.42 Å². The molecule has 2 rings (SSSR count). The third kappa shape index (κ3) is 5.59. The summed E-state index contributed by atoms with van der Waals surface area (Å²) in [5.41, 5.74) is 0.924. The van der Waals surface area contributed by atoms with Gasteiger partial charge in [-0.2, -0.15) is 0 Å². The van der Waals surface area contributed by atoms with Crippen molar-refractivity contribution in [3.8, 4) is 0 Å². The fraction of sp³-hybridized carbons (Fsp3) is 0.385. The number of nitrogens with zero attached hydrogens (tertiary/aromatic N) is 2. The summed E-state index contributed by atoms with van der Waals surface area (Å²) < 4.78 is 6.64. The Hall–Kier alpha value is -0.610. The first kappa shape index (κ1) is 18.4. The number of guanidine groups is 1. The zero-order chi connectivity index (χ0) is 14.5. The summed E-state index contributed by atoms with van der Waals surface area (Å²) in [7, 11) is 1.74. The molecule has 0 fully saturated rings. The first-order valence-corrected chi connectivity index (χ1v) is 7.81. The second-order valence-electron chi connectivity index (χ2n) is 4.23. The molecule has 0 aliphatic carbocycles. The molecule has 0 atom stereocenters. The maximum absolute atomic E-state index is 5.51. The minimum absolute atomic E-state index is 0. The number of hydrogen-bond acceptors (Lipinski definition) is 4. The molecule has 0 aliphatic rings. The molecular formula is C13H18BrIN4OS. The van der Waals surface area contributed by atoms with Crippen LogP contribution in [0.1, 0.15) is 22.2 Å². The van der Waals surface area contributed by atoms with Gasteiger partial charge in [-0.15, -0.1) is 35.3 Å². The van der Waals surface area contributed by atoms with E-state index < -0.39 is 0 Å². The molecule has 0 saturated heterocycles. The van der Waals surface area contributed by atoms with Gasteiger partial charge in [-0.05, 0) is 41.9 Å². The summed E-state index contributed by atoms with van der Waals surface area (Å²) >= 11 is 5.15. The van der Waals surface area contributed by atoms with Gasteiger partial charge >= 0.3 is 0 Å². The molecule has 2 heterocycles. The molecule has 116 valence electrons. The number of aliphatic imine (C=N–C) groups is 1. The van der Waals surface area contributed by atoms with Gasteiger partial charge in [0, 0.05) is 11.9 Å². The van der Waals surface area contributed by atoms with E-state index in [2.05, 4.69) is 42.6 Å². The Morgan fingerprint density at radius 3 is 2.57 bits per heavy atom. The lowest BCUT2D eigenvalue weighted by atomic mass is 10.4. The van der Waals surface area contributed by atoms with Gasteiger partial charge in [-0.25, -0.2) is 4.98 Å². The van der Waals surface area contributed by atoms with Gasteiger partial charge in [-0.1, -0.05) is 0 Å². The molecule has 0 spiro atoms. The van der Waals surface area contributed by atoms with Gasteiger partial charge < -0.3 is 15.1 Å². The van der Waals surface area contributed by atoms with Crippen LogP contribution in [-0.2, 0) is 13.1 Å². The molecule has 0 unspecified atom stereocenters. The molecular weight excluding hydrogens is 467 g/mol. The Kier molecular flexibility index (Phi) is 7.67. The van der Waals surface area contributed by atoms with E-state index in [0.29, 0.717) is 12.4 Å². The molecule has 0 aromatic carbocycles. The van der Waals surface area contributed by atoms with E-state index in [1.54, 1.807) is 18.4 Å². The zero-order valence-corrected chi connectivity index (χ0v) is 16.8. The fourth-order valence-electron chi connectivity index (χ4n) is 1.61. The standard InChI is InChI=1S/C13H17BrN4OS.HI/c1-8-9(2)19-12(18-8)7-17-13(15-3)16-6-10-4-5-11(14)20-10;/h4-5H,6-7H2,1-3H3,(H2,15,16,17);1H. The molecule has 0 aliphatic heterocycles. The third-order valence-electron chi connectivity index (χ3n) is 2.76. The molecule has 5 nitrogen and oxygen atoms in total. The normalized spacial score (nSPS) is 11.1. The number of aryl methyl sites for hydroxylation is 2. The van der Waals surface area contributed by atoms with Crippen LogP contribution in [0.4, 0.5) is 0 Å². The van der Waals surface area contributed by atoms with Gasteiger partial charge in [0.15, 0.2) is 5.96 Å². The Balaban J connectivity index is 0.00000220. The summed E-state index contributed by atoms with van der Waals surface area (Å²) in [6, 6.07) is 4.12. The third-order valence-corrected chi connectivity index (χ3v) is 4.39. The summed E-state index contributed by atoms with van der Waals surface area (Å²) in [5, 5.41) is 6.43. The molecule has 2 N–H and O–H groups in total. The van der Waals surface area contributed by atoms with Gasteiger partial charge in [-0.3, -0.25) is 4.99 Å². The van der Waals surface area contributed by atoms with Gasteiger partial charge in [0.2, 0.25) is 5.89 Å². The lowest BCUT2D eigenvalue weighted by Gasteiger charge is -2.09. The van der Waals surface area contributed by atoms with Crippen LogP contribution in [0, 0.1) is 13.8 Å². The average Bonchev–Trinajstić information content (AvgIpc) is 2.97. The average molecular weight is 485 g/mol. The minimum Gasteiger partial charge on any atom is -0.444 e. The van der Waals surface area contributed by atoms with E-state index in [-0.39, 0.29) is 24.0 Å². The van der Waals surface area contributed by atoms with Crippen molar-refractivity contribution in [1.82, 2.24) is 15.6 Å². The molecule has 2 aromatic heterocycles. The van der Waals surface area contributed by atoms with Crippen LogP contribution in [0.25, 0.3) is 0 Å². The lowest BCUT2D eigenvalue weighted by molar-refractivity contribution is 0.463. The van der Waals surface area contributed by atoms with Crippen LogP contribution in [0.15, 0.2) is 25.3 Å². The molecule has 2 aromatic rings. The van der Waals surface area contributed by atoms with Crippen LogP contribution in [-0.4, -0.2) is 18.0 Å². The number of hydrogen-bond donors (Lipinski definition) is 2. The maximum atomic E-state index is 5.51. The Bertz CT molecular complexity index is 592. The largest absolute Gasteiger partial charge is 0.444 e. The topological polar surface area (TPSA) is 62.5 Å². The second-order valence-corrected chi connectivity index (χ2v) is 6.78. The van der Waals surface area contributed by atoms with Crippen molar-refractivity contribution in [2.45, 2.75) is 26.9 Å². The maximum Gasteiger partial charge on any atom is 0.214 e. The summed E-state index contributed by atoms with van der Waals surface area (Å²) in [5.74, 6) is 2.25. The molecule has 0 amide bonds. The molecule has 8 heteroatoms. The van der Waals surface area contributed by atoms with E-state index in [9.17, 15) is 0 Å². The quantitative estimate of drug-likeness (QED) is 0.395. The Morgan fingerprint density at radius 1 is 1.33 bits per heavy atom. The predicted molar refractivity (Wildman–Crippen MR) is 100 cm³/mol. The monoisotopic (exact) mass is 484 g/mol. The number of rotatable bonds is 4. The highest BCUT2D eigenvalue weighted by Gasteiger charge is 2.06. The highest BCUT2D eigenvalue weighted by atomic mass is 127. The second kappa shape index (κ2) is 8.74. The van der Waals surface area contributed by atoms with E-state index in [0.717, 1.165) is 27.7 Å². The van der Waals surface area contributed by atoms with E-state index in [4.69, 9.17) is 4.42 Å². The summed E-state index contributed by atoms with van der Waals surface area (Å²) in [6.45, 7) is 5.10. The summed E-state index contributed by atoms with van der Waals surface area (Å²) in [6.07, 6.45) is 0. The predicted octanol–water partition coefficient (Wildman–Crippen LogP) is 3.60. The zero-order valence-electron chi connectivity index (χ0n) is 12.1. The first-order chi connectivity index (χ1) is 9.58. The van der Waals surface area contributed by atoms with Crippen LogP contribution >= 0.6 is 51.2 Å². The minimum atomic E-state index is 0. The SMILES string of the molecule is CN=C(NCc1nc(C)c(C)o1)NCc1ccc(Br)s1.I. The van der Waals surface area contributed by atoms with Crippen LogP contribution in [0.5, 0.6) is 0 Å². The highest BCUT2D eigenvalue weighted by molar-refractivity contribution is 14.0. The lowest BCUT2D eigenvalue weighted by Crippen LogP contribution is -2.36. The van der Waals surface area contributed by atoms with Crippen LogP contribution in [0.2, 0.25) is 0 Å². The van der Waals surface area contributed by atoms with E-state index >= 15 is 0 Å². The van der Waals surface area contributed by atoms with Gasteiger partial charge in [0.25, 0.3) is 0 Å². The van der Waals surface area contributed by atoms with Crippen molar-refractivity contribution in [3.63, 3.8) is 0 Å². The number of aromatic nitrogens is 1. The first-order valence-electron chi connectivity index (χ1n) is 6.20. The fourth-order valence-corrected chi connectivity index (χ4v) is 3.04. The Morgan fingerprint density at radius 2 is 2.05 bits per heavy atom. The molecule has 21 heavy (non-hydrogen) atoms. The van der Waals surface area contributed by atoms with Crippen LogP contribution in [0.3, 0.4) is 0 Å². The molecule has 0 bridgehead atoms. The number of oxazole rings is 1. The Labute approximate surface area is 153 Å². The number of thiophene rings is 1.